The van der Waals surface area contributed by atoms with Gasteiger partial charge in [0.1, 0.15) is 5.25 Å². The lowest BCUT2D eigenvalue weighted by atomic mass is 10.1. The molecule has 0 aliphatic rings. The number of hydrogen-bond acceptors (Lipinski definition) is 2. The predicted octanol–water partition coefficient (Wildman–Crippen LogP) is 3.25. The Morgan fingerprint density at radius 3 is 2.06 bits per heavy atom. The zero-order valence-electron chi connectivity index (χ0n) is 7.91. The topological polar surface area (TPSA) is 34.1 Å². The molecule has 0 amide bonds. The van der Waals surface area contributed by atoms with Gasteiger partial charge in [0.25, 0.3) is 0 Å². The Labute approximate surface area is 95.5 Å². The van der Waals surface area contributed by atoms with E-state index in [1.165, 1.54) is 24.3 Å². The van der Waals surface area contributed by atoms with E-state index in [0.29, 0.717) is 0 Å². The van der Waals surface area contributed by atoms with Gasteiger partial charge in [0.2, 0.25) is 9.05 Å². The van der Waals surface area contributed by atoms with Crippen molar-refractivity contribution in [2.45, 2.75) is 17.8 Å². The van der Waals surface area contributed by atoms with Gasteiger partial charge in [0.05, 0.1) is 6.42 Å². The van der Waals surface area contributed by atoms with E-state index in [1.807, 2.05) is 0 Å². The third-order valence-corrected chi connectivity index (χ3v) is 3.69. The van der Waals surface area contributed by atoms with Gasteiger partial charge in [-0.15, -0.1) is 0 Å². The Hall–Kier alpha value is -0.750. The van der Waals surface area contributed by atoms with Crippen molar-refractivity contribution in [1.29, 1.82) is 0 Å². The molecule has 1 aromatic carbocycles. The number of halogens is 4. The molecule has 0 spiro atoms. The molecule has 1 aromatic rings. The molecule has 7 heteroatoms. The molecule has 2 nitrogen and oxygen atoms in total. The van der Waals surface area contributed by atoms with Crippen LogP contribution in [-0.4, -0.2) is 14.6 Å². The molecule has 90 valence electrons. The second-order valence-electron chi connectivity index (χ2n) is 3.19. The normalized spacial score (nSPS) is 14.8. The van der Waals surface area contributed by atoms with Crippen LogP contribution >= 0.6 is 10.7 Å². The van der Waals surface area contributed by atoms with Crippen LogP contribution in [0.1, 0.15) is 17.2 Å². The standard InChI is InChI=1S/C9H8ClF3O2S/c10-16(14,15)8(6-9(11,12)13)7-4-2-1-3-5-7/h1-5,8H,6H2. The lowest BCUT2D eigenvalue weighted by molar-refractivity contribution is -0.134. The van der Waals surface area contributed by atoms with Gasteiger partial charge in [-0.05, 0) is 5.56 Å². The number of hydrogen-bond donors (Lipinski definition) is 0. The van der Waals surface area contributed by atoms with E-state index in [9.17, 15) is 21.6 Å². The fraction of sp³-hybridized carbons (Fsp3) is 0.333. The van der Waals surface area contributed by atoms with Crippen molar-refractivity contribution in [2.24, 2.45) is 0 Å². The lowest BCUT2D eigenvalue weighted by Gasteiger charge is -2.15. The van der Waals surface area contributed by atoms with E-state index >= 15 is 0 Å². The summed E-state index contributed by atoms with van der Waals surface area (Å²) in [6, 6.07) is 7.10. The number of benzene rings is 1. The van der Waals surface area contributed by atoms with E-state index in [-0.39, 0.29) is 5.56 Å². The van der Waals surface area contributed by atoms with E-state index in [0.717, 1.165) is 0 Å². The summed E-state index contributed by atoms with van der Waals surface area (Å²) in [7, 11) is 0.713. The van der Waals surface area contributed by atoms with Crippen LogP contribution in [0, 0.1) is 0 Å². The van der Waals surface area contributed by atoms with Crippen molar-refractivity contribution in [3.05, 3.63) is 35.9 Å². The second-order valence-corrected chi connectivity index (χ2v) is 6.00. The van der Waals surface area contributed by atoms with E-state index in [4.69, 9.17) is 10.7 Å². The van der Waals surface area contributed by atoms with Gasteiger partial charge in [-0.25, -0.2) is 8.42 Å². The SMILES string of the molecule is O=S(=O)(Cl)C(CC(F)(F)F)c1ccccc1. The van der Waals surface area contributed by atoms with Crippen molar-refractivity contribution in [3.8, 4) is 0 Å². The van der Waals surface area contributed by atoms with E-state index < -0.39 is 26.9 Å². The smallest absolute Gasteiger partial charge is 0.212 e. The van der Waals surface area contributed by atoms with Crippen LogP contribution in [0.4, 0.5) is 13.2 Å². The molecule has 1 rings (SSSR count). The van der Waals surface area contributed by atoms with Crippen molar-refractivity contribution in [2.75, 3.05) is 0 Å². The minimum absolute atomic E-state index is 0.0369. The van der Waals surface area contributed by atoms with Crippen LogP contribution < -0.4 is 0 Å². The van der Waals surface area contributed by atoms with Crippen LogP contribution in [0.25, 0.3) is 0 Å². The van der Waals surface area contributed by atoms with Crippen LogP contribution in [0.5, 0.6) is 0 Å². The first kappa shape index (κ1) is 13.3. The summed E-state index contributed by atoms with van der Waals surface area (Å²) in [5.74, 6) is 0. The first-order chi connectivity index (χ1) is 7.20. The zero-order chi connectivity index (χ0) is 12.4. The van der Waals surface area contributed by atoms with Crippen molar-refractivity contribution < 1.29 is 21.6 Å². The Morgan fingerprint density at radius 2 is 1.69 bits per heavy atom. The summed E-state index contributed by atoms with van der Waals surface area (Å²) < 4.78 is 58.7. The first-order valence-electron chi connectivity index (χ1n) is 4.25. The molecule has 0 N–H and O–H groups in total. The Kier molecular flexibility index (Phi) is 3.85. The summed E-state index contributed by atoms with van der Waals surface area (Å²) in [5, 5.41) is -1.75. The molecule has 0 bridgehead atoms. The molecule has 0 heterocycles. The molecule has 0 radical (unpaired) electrons. The molecule has 1 unspecified atom stereocenters. The fourth-order valence-corrected chi connectivity index (χ4v) is 2.63. The summed E-state index contributed by atoms with van der Waals surface area (Å²) in [6.45, 7) is 0. The maximum Gasteiger partial charge on any atom is 0.390 e. The highest BCUT2D eigenvalue weighted by atomic mass is 35.7. The Morgan fingerprint density at radius 1 is 1.19 bits per heavy atom. The Balaban J connectivity index is 3.09. The maximum atomic E-state index is 12.2. The Bertz CT molecular complexity index is 442. The quantitative estimate of drug-likeness (QED) is 0.792. The molecular weight excluding hydrogens is 265 g/mol. The summed E-state index contributed by atoms with van der Waals surface area (Å²) >= 11 is 0. The molecule has 0 fully saturated rings. The van der Waals surface area contributed by atoms with E-state index in [2.05, 4.69) is 0 Å². The van der Waals surface area contributed by atoms with Crippen LogP contribution in [0.15, 0.2) is 30.3 Å². The predicted molar refractivity (Wildman–Crippen MR) is 54.6 cm³/mol. The third kappa shape index (κ3) is 4.02. The average Bonchev–Trinajstić information content (AvgIpc) is 2.13. The number of alkyl halides is 3. The highest BCUT2D eigenvalue weighted by molar-refractivity contribution is 8.13. The minimum atomic E-state index is -4.58. The highest BCUT2D eigenvalue weighted by Gasteiger charge is 2.38. The molecule has 0 saturated heterocycles. The van der Waals surface area contributed by atoms with Crippen molar-refractivity contribution in [3.63, 3.8) is 0 Å². The molecule has 0 saturated carbocycles. The molecule has 0 aliphatic heterocycles. The summed E-state index contributed by atoms with van der Waals surface area (Å²) in [6.07, 6.45) is -6.06. The van der Waals surface area contributed by atoms with Gasteiger partial charge >= 0.3 is 6.18 Å². The largest absolute Gasteiger partial charge is 0.390 e. The summed E-state index contributed by atoms with van der Waals surface area (Å²) in [4.78, 5) is 0. The van der Waals surface area contributed by atoms with Crippen LogP contribution in [0.3, 0.4) is 0 Å². The molecule has 0 aliphatic carbocycles. The zero-order valence-corrected chi connectivity index (χ0v) is 9.48. The van der Waals surface area contributed by atoms with Gasteiger partial charge in [-0.2, -0.15) is 13.2 Å². The molecule has 16 heavy (non-hydrogen) atoms. The van der Waals surface area contributed by atoms with Gasteiger partial charge in [0.15, 0.2) is 0 Å². The van der Waals surface area contributed by atoms with Crippen LogP contribution in [-0.2, 0) is 9.05 Å². The third-order valence-electron chi connectivity index (χ3n) is 1.93. The first-order valence-corrected chi connectivity index (χ1v) is 6.62. The number of rotatable bonds is 3. The van der Waals surface area contributed by atoms with Gasteiger partial charge in [-0.3, -0.25) is 0 Å². The fourth-order valence-electron chi connectivity index (χ4n) is 1.26. The average molecular weight is 273 g/mol. The van der Waals surface area contributed by atoms with E-state index in [1.54, 1.807) is 6.07 Å². The second kappa shape index (κ2) is 4.63. The van der Waals surface area contributed by atoms with Crippen molar-refractivity contribution >= 4 is 19.7 Å². The van der Waals surface area contributed by atoms with Gasteiger partial charge in [-0.1, -0.05) is 30.3 Å². The molecule has 1 atom stereocenters. The van der Waals surface area contributed by atoms with Gasteiger partial charge in [0, 0.05) is 10.7 Å². The van der Waals surface area contributed by atoms with Crippen LogP contribution in [0.2, 0.25) is 0 Å². The summed E-state index contributed by atoms with van der Waals surface area (Å²) in [5.41, 5.74) is 0.0369. The monoisotopic (exact) mass is 272 g/mol. The highest BCUT2D eigenvalue weighted by Crippen LogP contribution is 2.36. The van der Waals surface area contributed by atoms with Crippen molar-refractivity contribution in [1.82, 2.24) is 0 Å². The molecular formula is C9H8ClF3O2S. The minimum Gasteiger partial charge on any atom is -0.212 e. The lowest BCUT2D eigenvalue weighted by Crippen LogP contribution is -2.18. The maximum absolute atomic E-state index is 12.2. The molecule has 0 aromatic heterocycles. The van der Waals surface area contributed by atoms with Gasteiger partial charge < -0.3 is 0 Å².